The van der Waals surface area contributed by atoms with Crippen LogP contribution in [0.1, 0.15) is 176 Å². The van der Waals surface area contributed by atoms with Crippen LogP contribution in [0.4, 0.5) is 5.82 Å². The molecule has 0 spiro atoms. The van der Waals surface area contributed by atoms with Gasteiger partial charge in [-0.15, -0.1) is 11.3 Å². The number of ketones is 1. The fourth-order valence-corrected chi connectivity index (χ4v) is 11.9. The monoisotopic (exact) mass is 1070 g/mol. The lowest BCUT2D eigenvalue weighted by atomic mass is 9.85. The zero-order valence-electron chi connectivity index (χ0n) is 44.7. The molecule has 2 aliphatic heterocycles. The van der Waals surface area contributed by atoms with Gasteiger partial charge in [0.05, 0.1) is 39.9 Å². The Kier molecular flexibility index (Phi) is 20.8. The number of nitrogens with zero attached hydrogens (tertiary/aromatic N) is 6. The summed E-state index contributed by atoms with van der Waals surface area (Å²) in [6, 6.07) is 13.8. The smallest absolute Gasteiger partial charge is 0.246 e. The van der Waals surface area contributed by atoms with Crippen LogP contribution >= 0.6 is 22.9 Å². The summed E-state index contributed by atoms with van der Waals surface area (Å²) in [6.07, 6.45) is 12.1. The van der Waals surface area contributed by atoms with Gasteiger partial charge < -0.3 is 35.5 Å². The number of rotatable bonds is 25. The maximum atomic E-state index is 14.1. The van der Waals surface area contributed by atoms with Gasteiger partial charge in [-0.2, -0.15) is 0 Å². The van der Waals surface area contributed by atoms with E-state index in [1.165, 1.54) is 11.2 Å². The molecule has 7 rings (SSSR count). The average Bonchev–Trinajstić information content (AvgIpc) is 4.10. The Balaban J connectivity index is 0.746. The number of piperazine rings is 1. The number of aliphatic hydroxyl groups excluding tert-OH is 2. The highest BCUT2D eigenvalue weighted by atomic mass is 35.5. The number of carbonyl (C=O) groups is 5. The number of halogens is 1. The highest BCUT2D eigenvalue weighted by Gasteiger charge is 2.44. The Hall–Kier alpha value is -5.29. The lowest BCUT2D eigenvalue weighted by Gasteiger charge is -2.38. The van der Waals surface area contributed by atoms with E-state index in [4.69, 9.17) is 11.6 Å². The first-order valence-electron chi connectivity index (χ1n) is 27.4. The van der Waals surface area contributed by atoms with Gasteiger partial charge in [-0.25, -0.2) is 15.0 Å². The van der Waals surface area contributed by atoms with Crippen molar-refractivity contribution in [2.45, 2.75) is 180 Å². The molecule has 2 saturated heterocycles. The quantitative estimate of drug-likeness (QED) is 0.0462. The molecule has 0 saturated carbocycles. The largest absolute Gasteiger partial charge is 0.391 e. The molecule has 75 heavy (non-hydrogen) atoms. The van der Waals surface area contributed by atoms with Crippen molar-refractivity contribution in [3.8, 4) is 10.4 Å². The number of anilines is 1. The third-order valence-corrected chi connectivity index (χ3v) is 16.5. The molecule has 4 aromatic rings. The molecular weight excluding hydrogens is 988 g/mol. The van der Waals surface area contributed by atoms with Gasteiger partial charge in [-0.1, -0.05) is 121 Å². The van der Waals surface area contributed by atoms with Crippen LogP contribution in [0, 0.1) is 12.3 Å². The minimum atomic E-state index is -0.859. The van der Waals surface area contributed by atoms with E-state index in [-0.39, 0.29) is 60.8 Å². The summed E-state index contributed by atoms with van der Waals surface area (Å²) in [5, 5.41) is 27.7. The van der Waals surface area contributed by atoms with Crippen molar-refractivity contribution in [3.63, 3.8) is 0 Å². The van der Waals surface area contributed by atoms with Crippen molar-refractivity contribution < 1.29 is 34.2 Å². The van der Waals surface area contributed by atoms with Gasteiger partial charge in [0, 0.05) is 75.5 Å². The summed E-state index contributed by atoms with van der Waals surface area (Å²) in [4.78, 5) is 87.7. The maximum Gasteiger partial charge on any atom is 0.246 e. The van der Waals surface area contributed by atoms with Crippen LogP contribution in [-0.4, -0.2) is 115 Å². The van der Waals surface area contributed by atoms with Crippen LogP contribution in [0.25, 0.3) is 10.4 Å². The molecule has 0 bridgehead atoms. The van der Waals surface area contributed by atoms with Crippen LogP contribution in [-0.2, 0) is 30.5 Å². The fraction of sp³-hybridized carbons (Fsp3) is 0.586. The number of thiazole rings is 1. The summed E-state index contributed by atoms with van der Waals surface area (Å²) in [6.45, 7) is 12.5. The molecule has 3 aliphatic rings. The zero-order chi connectivity index (χ0) is 53.6. The fourth-order valence-electron chi connectivity index (χ4n) is 10.9. The van der Waals surface area contributed by atoms with Crippen molar-refractivity contribution in [3.05, 3.63) is 93.5 Å². The SMILES string of the molecule is Cc1ncsc1-c1ccc(CNC(=O)[C@@H]2C[C@@H](O)CN2C(=O)[C@@H](NC(=O)CCCCCCCCCCC(=O)CCCC[C@@H](C(=O)N2CCN(c3ncnc4c3[C@H](C)C[C@H]4O)CC2)c2ccc(Cl)cc2)C(C)(C)C)cc1. The predicted octanol–water partition coefficient (Wildman–Crippen LogP) is 9.37. The van der Waals surface area contributed by atoms with E-state index in [0.29, 0.717) is 69.7 Å². The van der Waals surface area contributed by atoms with Gasteiger partial charge in [0.15, 0.2) is 0 Å². The Bertz CT molecular complexity index is 2540. The predicted molar refractivity (Wildman–Crippen MR) is 294 cm³/mol. The topological polar surface area (TPSA) is 198 Å². The number of unbranched alkanes of at least 4 members (excludes halogenated alkanes) is 8. The summed E-state index contributed by atoms with van der Waals surface area (Å²) >= 11 is 7.81. The molecule has 2 aromatic carbocycles. The highest BCUT2D eigenvalue weighted by Crippen LogP contribution is 2.43. The van der Waals surface area contributed by atoms with Crippen LogP contribution in [0.15, 0.2) is 60.4 Å². The van der Waals surface area contributed by atoms with Gasteiger partial charge in [-0.05, 0) is 79.2 Å². The Labute approximate surface area is 452 Å². The second kappa shape index (κ2) is 27.2. The number of aliphatic hydroxyl groups is 2. The maximum absolute atomic E-state index is 14.1. The van der Waals surface area contributed by atoms with Crippen LogP contribution in [0.5, 0.6) is 0 Å². The van der Waals surface area contributed by atoms with E-state index in [9.17, 15) is 34.2 Å². The second-order valence-corrected chi connectivity index (χ2v) is 23.4. The second-order valence-electron chi connectivity index (χ2n) is 22.1. The molecule has 0 unspecified atom stereocenters. The molecular formula is C58H79ClN8O7S. The van der Waals surface area contributed by atoms with Gasteiger partial charge in [0.2, 0.25) is 23.6 Å². The van der Waals surface area contributed by atoms with Crippen LogP contribution < -0.4 is 15.5 Å². The minimum absolute atomic E-state index is 0.0265. The number of aromatic nitrogens is 3. The molecule has 15 nitrogen and oxygen atoms in total. The molecule has 4 heterocycles. The number of carbonyl (C=O) groups excluding carboxylic acids is 5. The van der Waals surface area contributed by atoms with E-state index >= 15 is 0 Å². The van der Waals surface area contributed by atoms with Crippen molar-refractivity contribution in [2.75, 3.05) is 37.6 Å². The lowest BCUT2D eigenvalue weighted by molar-refractivity contribution is -0.144. The third kappa shape index (κ3) is 15.7. The van der Waals surface area contributed by atoms with E-state index in [1.54, 1.807) is 11.3 Å². The number of β-amino-alcohol motifs (C(OH)–C–C–N with tert-alkyl or cyclic N) is 1. The number of benzene rings is 2. The summed E-state index contributed by atoms with van der Waals surface area (Å²) in [7, 11) is 0. The van der Waals surface area contributed by atoms with Crippen molar-refractivity contribution in [2.24, 2.45) is 5.41 Å². The average molecular weight is 1070 g/mol. The lowest BCUT2D eigenvalue weighted by Crippen LogP contribution is -2.57. The third-order valence-electron chi connectivity index (χ3n) is 15.3. The van der Waals surface area contributed by atoms with Crippen molar-refractivity contribution >= 4 is 58.2 Å². The molecule has 0 radical (unpaired) electrons. The van der Waals surface area contributed by atoms with Crippen LogP contribution in [0.2, 0.25) is 5.02 Å². The van der Waals surface area contributed by atoms with Gasteiger partial charge in [0.1, 0.15) is 30.0 Å². The Morgan fingerprint density at radius 2 is 1.43 bits per heavy atom. The summed E-state index contributed by atoms with van der Waals surface area (Å²) < 4.78 is 0. The standard InChI is InChI=1S/C58H79ClN8O7S/c1-38-32-48(70)51-50(38)54(62-36-61-51)65-28-30-66(31-29-65)56(73)46(41-24-26-43(59)27-25-41)18-15-14-17-44(68)16-12-10-8-6-7-9-11-13-19-49(71)64-53(58(3,4)5)57(74)67-35-45(69)33-47(67)55(72)60-34-40-20-22-42(23-21-40)52-39(2)63-37-75-52/h20-27,36-38,45-48,53,69-70H,6-19,28-35H2,1-5H3,(H,60,72)(H,64,71)/t38-,45-,46-,47+,48-,53-/m1/s1. The van der Waals surface area contributed by atoms with E-state index < -0.39 is 29.7 Å². The van der Waals surface area contributed by atoms with E-state index in [0.717, 1.165) is 102 Å². The molecule has 406 valence electrons. The number of amides is 4. The number of nitrogens with one attached hydrogen (secondary N) is 2. The van der Waals surface area contributed by atoms with Crippen molar-refractivity contribution in [1.82, 2.24) is 35.4 Å². The normalized spacial score (nSPS) is 19.4. The minimum Gasteiger partial charge on any atom is -0.391 e. The van der Waals surface area contributed by atoms with Gasteiger partial charge >= 0.3 is 0 Å². The molecule has 4 N–H and O–H groups in total. The van der Waals surface area contributed by atoms with E-state index in [1.807, 2.05) is 86.6 Å². The number of hydrogen-bond donors (Lipinski definition) is 4. The first-order valence-corrected chi connectivity index (χ1v) is 28.6. The molecule has 1 aliphatic carbocycles. The Morgan fingerprint density at radius 3 is 2.07 bits per heavy atom. The number of aryl methyl sites for hydroxylation is 1. The number of fused-ring (bicyclic) bond motifs is 1. The first kappa shape index (κ1) is 57.4. The van der Waals surface area contributed by atoms with Gasteiger partial charge in [-0.3, -0.25) is 24.0 Å². The highest BCUT2D eigenvalue weighted by molar-refractivity contribution is 7.13. The molecule has 6 atom stereocenters. The number of Topliss-reactive ketones (excluding diaryl/α,β-unsaturated/α-hetero) is 1. The van der Waals surface area contributed by atoms with E-state index in [2.05, 4.69) is 37.4 Å². The molecule has 4 amide bonds. The first-order chi connectivity index (χ1) is 36.0. The molecule has 17 heteroatoms. The zero-order valence-corrected chi connectivity index (χ0v) is 46.3. The number of likely N-dealkylation sites (tertiary alicyclic amines) is 1. The summed E-state index contributed by atoms with van der Waals surface area (Å²) in [5.41, 5.74) is 6.82. The van der Waals surface area contributed by atoms with Gasteiger partial charge in [0.25, 0.3) is 0 Å². The summed E-state index contributed by atoms with van der Waals surface area (Å²) in [5.74, 6) is 0.183. The molecule has 2 fully saturated rings. The molecule has 2 aromatic heterocycles. The Morgan fingerprint density at radius 1 is 0.787 bits per heavy atom. The van der Waals surface area contributed by atoms with Crippen molar-refractivity contribution in [1.29, 1.82) is 0 Å². The number of hydrogen-bond acceptors (Lipinski definition) is 12. The van der Waals surface area contributed by atoms with Crippen LogP contribution in [0.3, 0.4) is 0 Å².